The summed E-state index contributed by atoms with van der Waals surface area (Å²) in [7, 11) is 0. The van der Waals surface area contributed by atoms with Crippen LogP contribution in [0, 0.1) is 15.9 Å². The highest BCUT2D eigenvalue weighted by Gasteiger charge is 2.17. The van der Waals surface area contributed by atoms with Gasteiger partial charge in [-0.25, -0.2) is 4.39 Å². The summed E-state index contributed by atoms with van der Waals surface area (Å²) in [6.07, 6.45) is 0. The molecule has 0 fully saturated rings. The van der Waals surface area contributed by atoms with Crippen molar-refractivity contribution in [3.05, 3.63) is 62.9 Å². The highest BCUT2D eigenvalue weighted by molar-refractivity contribution is 6.30. The maximum Gasteiger partial charge on any atom is 0.311 e. The van der Waals surface area contributed by atoms with Gasteiger partial charge in [-0.15, -0.1) is 0 Å². The van der Waals surface area contributed by atoms with Crippen molar-refractivity contribution in [2.24, 2.45) is 0 Å². The molecule has 0 aliphatic rings. The van der Waals surface area contributed by atoms with Crippen molar-refractivity contribution in [1.82, 2.24) is 0 Å². The quantitative estimate of drug-likeness (QED) is 0.690. The van der Waals surface area contributed by atoms with Crippen LogP contribution in [0.4, 0.5) is 10.1 Å². The van der Waals surface area contributed by atoms with E-state index in [1.165, 1.54) is 30.3 Å². The van der Waals surface area contributed by atoms with Crippen LogP contribution in [0.25, 0.3) is 0 Å². The maximum absolute atomic E-state index is 13.0. The first kappa shape index (κ1) is 14.2. The zero-order valence-electron chi connectivity index (χ0n) is 10.0. The van der Waals surface area contributed by atoms with E-state index in [4.69, 9.17) is 21.4 Å². The maximum atomic E-state index is 13.0. The summed E-state index contributed by atoms with van der Waals surface area (Å²) in [6.45, 7) is -0.316. The molecule has 0 bridgehead atoms. The topological polar surface area (TPSA) is 72.6 Å². The summed E-state index contributed by atoms with van der Waals surface area (Å²) in [6, 6.07) is 7.70. The Morgan fingerprint density at radius 2 is 2.05 bits per heavy atom. The highest BCUT2D eigenvalue weighted by Crippen LogP contribution is 2.33. The van der Waals surface area contributed by atoms with Gasteiger partial charge in [-0.1, -0.05) is 17.7 Å². The second-order valence-electron chi connectivity index (χ2n) is 3.90. The number of aliphatic hydroxyl groups is 1. The minimum atomic E-state index is -0.625. The molecule has 1 N–H and O–H groups in total. The van der Waals surface area contributed by atoms with Crippen LogP contribution in [0.5, 0.6) is 11.5 Å². The van der Waals surface area contributed by atoms with E-state index < -0.39 is 10.7 Å². The number of nitro benzene ring substituents is 1. The van der Waals surface area contributed by atoms with Gasteiger partial charge in [0.25, 0.3) is 0 Å². The molecule has 5 nitrogen and oxygen atoms in total. The van der Waals surface area contributed by atoms with E-state index in [0.29, 0.717) is 5.56 Å². The number of aliphatic hydroxyl groups excluding tert-OH is 1. The summed E-state index contributed by atoms with van der Waals surface area (Å²) >= 11 is 5.61. The van der Waals surface area contributed by atoms with Crippen molar-refractivity contribution < 1.29 is 19.2 Å². The number of halogens is 2. The fourth-order valence-corrected chi connectivity index (χ4v) is 1.73. The van der Waals surface area contributed by atoms with Crippen LogP contribution in [-0.2, 0) is 6.61 Å². The minimum absolute atomic E-state index is 0.0186. The van der Waals surface area contributed by atoms with Gasteiger partial charge in [0.15, 0.2) is 0 Å². The first-order valence-corrected chi connectivity index (χ1v) is 5.90. The second kappa shape index (κ2) is 5.85. The molecule has 2 aromatic rings. The summed E-state index contributed by atoms with van der Waals surface area (Å²) < 4.78 is 18.4. The average molecular weight is 298 g/mol. The van der Waals surface area contributed by atoms with Gasteiger partial charge in [-0.3, -0.25) is 10.1 Å². The molecule has 0 heterocycles. The van der Waals surface area contributed by atoms with Crippen molar-refractivity contribution in [3.63, 3.8) is 0 Å². The average Bonchev–Trinajstić information content (AvgIpc) is 2.43. The van der Waals surface area contributed by atoms with Crippen LogP contribution in [0.1, 0.15) is 5.56 Å². The predicted octanol–water partition coefficient (Wildman–Crippen LogP) is 3.67. The zero-order valence-corrected chi connectivity index (χ0v) is 10.8. The Hall–Kier alpha value is -2.18. The van der Waals surface area contributed by atoms with E-state index in [1.54, 1.807) is 0 Å². The molecule has 0 spiro atoms. The molecule has 0 aliphatic carbocycles. The third-order valence-electron chi connectivity index (χ3n) is 2.52. The number of ether oxygens (including phenoxy) is 1. The lowest BCUT2D eigenvalue weighted by Crippen LogP contribution is -1.95. The number of benzene rings is 2. The Labute approximate surface area is 118 Å². The molecule has 2 rings (SSSR count). The van der Waals surface area contributed by atoms with Crippen molar-refractivity contribution in [2.45, 2.75) is 6.61 Å². The molecular formula is C13H9ClFNO4. The lowest BCUT2D eigenvalue weighted by Gasteiger charge is -2.07. The first-order valence-electron chi connectivity index (χ1n) is 5.52. The van der Waals surface area contributed by atoms with Gasteiger partial charge in [-0.05, 0) is 23.8 Å². The van der Waals surface area contributed by atoms with E-state index in [2.05, 4.69) is 0 Å². The predicted molar refractivity (Wildman–Crippen MR) is 70.5 cm³/mol. The molecule has 2 aromatic carbocycles. The molecule has 104 valence electrons. The fourth-order valence-electron chi connectivity index (χ4n) is 1.56. The summed E-state index contributed by atoms with van der Waals surface area (Å²) in [5, 5.41) is 19.8. The molecular weight excluding hydrogens is 289 g/mol. The van der Waals surface area contributed by atoms with Gasteiger partial charge in [0.2, 0.25) is 5.75 Å². The smallest absolute Gasteiger partial charge is 0.311 e. The molecule has 0 radical (unpaired) electrons. The van der Waals surface area contributed by atoms with Crippen molar-refractivity contribution in [1.29, 1.82) is 0 Å². The van der Waals surface area contributed by atoms with E-state index in [-0.39, 0.29) is 28.8 Å². The molecule has 0 atom stereocenters. The Balaban J connectivity index is 2.37. The third-order valence-corrected chi connectivity index (χ3v) is 2.81. The molecule has 0 aliphatic heterocycles. The number of nitrogens with zero attached hydrogens (tertiary/aromatic N) is 1. The summed E-state index contributed by atoms with van der Waals surface area (Å²) in [5.74, 6) is -0.449. The van der Waals surface area contributed by atoms with Crippen molar-refractivity contribution >= 4 is 17.3 Å². The van der Waals surface area contributed by atoms with Crippen molar-refractivity contribution in [2.75, 3.05) is 0 Å². The largest absolute Gasteiger partial charge is 0.450 e. The fraction of sp³-hybridized carbons (Fsp3) is 0.0769. The molecule has 0 unspecified atom stereocenters. The first-order chi connectivity index (χ1) is 9.51. The van der Waals surface area contributed by atoms with E-state index in [9.17, 15) is 14.5 Å². The zero-order chi connectivity index (χ0) is 14.7. The van der Waals surface area contributed by atoms with Gasteiger partial charge in [0.05, 0.1) is 16.6 Å². The number of hydrogen-bond donors (Lipinski definition) is 1. The normalized spacial score (nSPS) is 10.3. The van der Waals surface area contributed by atoms with E-state index in [0.717, 1.165) is 6.07 Å². The number of nitro groups is 1. The van der Waals surface area contributed by atoms with Gasteiger partial charge >= 0.3 is 5.69 Å². The van der Waals surface area contributed by atoms with Gasteiger partial charge in [0, 0.05) is 12.1 Å². The monoisotopic (exact) mass is 297 g/mol. The van der Waals surface area contributed by atoms with Gasteiger partial charge < -0.3 is 9.84 Å². The lowest BCUT2D eigenvalue weighted by atomic mass is 10.2. The summed E-state index contributed by atoms with van der Waals surface area (Å²) in [4.78, 5) is 10.3. The van der Waals surface area contributed by atoms with Crippen LogP contribution >= 0.6 is 11.6 Å². The molecule has 20 heavy (non-hydrogen) atoms. The Kier molecular flexibility index (Phi) is 4.16. The third kappa shape index (κ3) is 3.04. The second-order valence-corrected chi connectivity index (χ2v) is 4.30. The molecule has 0 amide bonds. The van der Waals surface area contributed by atoms with Crippen LogP contribution in [0.15, 0.2) is 36.4 Å². The van der Waals surface area contributed by atoms with E-state index >= 15 is 0 Å². The number of hydrogen-bond acceptors (Lipinski definition) is 4. The van der Waals surface area contributed by atoms with Crippen LogP contribution < -0.4 is 4.74 Å². The van der Waals surface area contributed by atoms with Crippen LogP contribution in [0.2, 0.25) is 5.02 Å². The van der Waals surface area contributed by atoms with Crippen LogP contribution in [-0.4, -0.2) is 10.0 Å². The lowest BCUT2D eigenvalue weighted by molar-refractivity contribution is -0.385. The molecule has 0 saturated carbocycles. The Morgan fingerprint density at radius 1 is 1.30 bits per heavy atom. The molecule has 7 heteroatoms. The van der Waals surface area contributed by atoms with Crippen LogP contribution in [0.3, 0.4) is 0 Å². The van der Waals surface area contributed by atoms with Crippen molar-refractivity contribution in [3.8, 4) is 11.5 Å². The summed E-state index contributed by atoms with van der Waals surface area (Å²) in [5.41, 5.74) is 0.0955. The van der Waals surface area contributed by atoms with Gasteiger partial charge in [0.1, 0.15) is 11.6 Å². The highest BCUT2D eigenvalue weighted by atomic mass is 35.5. The van der Waals surface area contributed by atoms with E-state index in [1.807, 2.05) is 0 Å². The molecule has 0 aromatic heterocycles. The number of rotatable bonds is 4. The Bertz CT molecular complexity index is 663. The molecule has 0 saturated heterocycles. The SMILES string of the molecule is O=[N+]([O-])c1cc(CO)ccc1Oc1ccc(F)c(Cl)c1. The standard InChI is InChI=1S/C13H9ClFNO4/c14-10-6-9(2-3-11(10)15)20-13-4-1-8(7-17)5-12(13)16(18)19/h1-6,17H,7H2. The van der Waals surface area contributed by atoms with Gasteiger partial charge in [-0.2, -0.15) is 0 Å². The Morgan fingerprint density at radius 3 is 2.65 bits per heavy atom. The minimum Gasteiger partial charge on any atom is -0.450 e.